The van der Waals surface area contributed by atoms with Gasteiger partial charge in [0.2, 0.25) is 0 Å². The fraction of sp³-hybridized carbons (Fsp3) is 0.667. The zero-order valence-electron chi connectivity index (χ0n) is 13.9. The molecule has 1 aliphatic carbocycles. The summed E-state index contributed by atoms with van der Waals surface area (Å²) in [5.74, 6) is 0.774. The molecule has 0 radical (unpaired) electrons. The molecule has 5 heteroatoms. The van der Waals surface area contributed by atoms with Crippen LogP contribution in [0.1, 0.15) is 32.1 Å². The van der Waals surface area contributed by atoms with Gasteiger partial charge in [0.05, 0.1) is 19.3 Å². The number of benzene rings is 1. The normalized spacial score (nSPS) is 17.4. The van der Waals surface area contributed by atoms with Crippen LogP contribution in [0.25, 0.3) is 0 Å². The number of ether oxygens (including phenoxy) is 2. The van der Waals surface area contributed by atoms with Gasteiger partial charge in [-0.15, -0.1) is 0 Å². The highest BCUT2D eigenvalue weighted by Gasteiger charge is 2.19. The number of likely N-dealkylation sites (N-methyl/N-ethyl adjacent to an activating group) is 1. The SMILES string of the molecule is CN(CC(O)COCCOc1ccc(Cl)cc1)C1CCCCC1. The zero-order chi connectivity index (χ0) is 16.5. The summed E-state index contributed by atoms with van der Waals surface area (Å²) in [5.41, 5.74) is 0. The summed E-state index contributed by atoms with van der Waals surface area (Å²) in [6, 6.07) is 7.87. The van der Waals surface area contributed by atoms with Crippen molar-refractivity contribution >= 4 is 11.6 Å². The average molecular weight is 342 g/mol. The standard InChI is InChI=1S/C18H28ClNO3/c1-20(16-5-3-2-4-6-16)13-17(21)14-22-11-12-23-18-9-7-15(19)8-10-18/h7-10,16-17,21H,2-6,11-14H2,1H3. The molecule has 1 atom stereocenters. The Balaban J connectivity index is 1.53. The van der Waals surface area contributed by atoms with Gasteiger partial charge in [0.25, 0.3) is 0 Å². The Morgan fingerprint density at radius 2 is 1.87 bits per heavy atom. The molecule has 0 amide bonds. The number of hydrogen-bond donors (Lipinski definition) is 1. The van der Waals surface area contributed by atoms with Crippen molar-refractivity contribution < 1.29 is 14.6 Å². The van der Waals surface area contributed by atoms with E-state index in [0.717, 1.165) is 5.75 Å². The summed E-state index contributed by atoms with van der Waals surface area (Å²) in [4.78, 5) is 2.28. The predicted octanol–water partition coefficient (Wildman–Crippen LogP) is 3.36. The summed E-state index contributed by atoms with van der Waals surface area (Å²) in [6.45, 7) is 1.95. The molecular formula is C18H28ClNO3. The van der Waals surface area contributed by atoms with Gasteiger partial charge in [-0.05, 0) is 44.2 Å². The molecule has 0 saturated heterocycles. The van der Waals surface area contributed by atoms with Crippen molar-refractivity contribution in [2.45, 2.75) is 44.2 Å². The van der Waals surface area contributed by atoms with E-state index in [-0.39, 0.29) is 0 Å². The lowest BCUT2D eigenvalue weighted by molar-refractivity contribution is 0.00326. The molecule has 2 rings (SSSR count). The Hall–Kier alpha value is -0.810. The van der Waals surface area contributed by atoms with E-state index in [4.69, 9.17) is 21.1 Å². The molecule has 1 unspecified atom stereocenters. The lowest BCUT2D eigenvalue weighted by Crippen LogP contribution is -2.40. The third kappa shape index (κ3) is 7.08. The second-order valence-corrected chi connectivity index (χ2v) is 6.70. The first-order chi connectivity index (χ1) is 11.1. The molecule has 1 fully saturated rings. The van der Waals surface area contributed by atoms with Crippen LogP contribution in [0.2, 0.25) is 5.02 Å². The number of aliphatic hydroxyl groups excluding tert-OH is 1. The maximum Gasteiger partial charge on any atom is 0.119 e. The third-order valence-electron chi connectivity index (χ3n) is 4.32. The quantitative estimate of drug-likeness (QED) is 0.699. The minimum absolute atomic E-state index is 0.348. The highest BCUT2D eigenvalue weighted by Crippen LogP contribution is 2.21. The van der Waals surface area contributed by atoms with Crippen molar-refractivity contribution in [3.05, 3.63) is 29.3 Å². The van der Waals surface area contributed by atoms with Crippen LogP contribution < -0.4 is 4.74 Å². The van der Waals surface area contributed by atoms with E-state index >= 15 is 0 Å². The molecule has 0 spiro atoms. The molecule has 1 aromatic carbocycles. The first kappa shape index (κ1) is 18.5. The van der Waals surface area contributed by atoms with E-state index in [1.165, 1.54) is 32.1 Å². The fourth-order valence-corrected chi connectivity index (χ4v) is 3.15. The van der Waals surface area contributed by atoms with Gasteiger partial charge in [-0.1, -0.05) is 30.9 Å². The molecule has 0 heterocycles. The van der Waals surface area contributed by atoms with E-state index < -0.39 is 6.10 Å². The van der Waals surface area contributed by atoms with Crippen LogP contribution in [0.4, 0.5) is 0 Å². The molecule has 4 nitrogen and oxygen atoms in total. The maximum atomic E-state index is 10.1. The van der Waals surface area contributed by atoms with Gasteiger partial charge in [-0.3, -0.25) is 0 Å². The second-order valence-electron chi connectivity index (χ2n) is 6.26. The summed E-state index contributed by atoms with van der Waals surface area (Å²) in [5, 5.41) is 10.8. The minimum Gasteiger partial charge on any atom is -0.491 e. The van der Waals surface area contributed by atoms with Crippen LogP contribution in [-0.2, 0) is 4.74 Å². The highest BCUT2D eigenvalue weighted by atomic mass is 35.5. The van der Waals surface area contributed by atoms with Crippen LogP contribution in [0.3, 0.4) is 0 Å². The van der Waals surface area contributed by atoms with Crippen LogP contribution in [0.15, 0.2) is 24.3 Å². The number of nitrogens with zero attached hydrogens (tertiary/aromatic N) is 1. The van der Waals surface area contributed by atoms with E-state index in [9.17, 15) is 5.11 Å². The lowest BCUT2D eigenvalue weighted by atomic mass is 9.94. The Morgan fingerprint density at radius 3 is 2.57 bits per heavy atom. The smallest absolute Gasteiger partial charge is 0.119 e. The van der Waals surface area contributed by atoms with E-state index in [1.54, 1.807) is 12.1 Å². The van der Waals surface area contributed by atoms with Crippen molar-refractivity contribution in [3.8, 4) is 5.75 Å². The number of aliphatic hydroxyl groups is 1. The molecular weight excluding hydrogens is 314 g/mol. The van der Waals surface area contributed by atoms with Crippen molar-refractivity contribution in [2.75, 3.05) is 33.4 Å². The maximum absolute atomic E-state index is 10.1. The van der Waals surface area contributed by atoms with Crippen molar-refractivity contribution in [2.24, 2.45) is 0 Å². The molecule has 1 saturated carbocycles. The largest absolute Gasteiger partial charge is 0.491 e. The average Bonchev–Trinajstić information content (AvgIpc) is 2.57. The van der Waals surface area contributed by atoms with E-state index in [0.29, 0.717) is 37.4 Å². The zero-order valence-corrected chi connectivity index (χ0v) is 14.7. The van der Waals surface area contributed by atoms with E-state index in [2.05, 4.69) is 11.9 Å². The topological polar surface area (TPSA) is 41.9 Å². The van der Waals surface area contributed by atoms with Gasteiger partial charge in [0, 0.05) is 17.6 Å². The van der Waals surface area contributed by atoms with Gasteiger partial charge in [-0.2, -0.15) is 0 Å². The number of rotatable bonds is 9. The Morgan fingerprint density at radius 1 is 1.17 bits per heavy atom. The predicted molar refractivity (Wildman–Crippen MR) is 93.3 cm³/mol. The van der Waals surface area contributed by atoms with Gasteiger partial charge < -0.3 is 19.5 Å². The molecule has 1 aliphatic rings. The fourth-order valence-electron chi connectivity index (χ4n) is 3.02. The van der Waals surface area contributed by atoms with Crippen molar-refractivity contribution in [1.82, 2.24) is 4.90 Å². The van der Waals surface area contributed by atoms with Gasteiger partial charge in [-0.25, -0.2) is 0 Å². The monoisotopic (exact) mass is 341 g/mol. The van der Waals surface area contributed by atoms with Gasteiger partial charge >= 0.3 is 0 Å². The first-order valence-corrected chi connectivity index (χ1v) is 8.87. The van der Waals surface area contributed by atoms with Crippen LogP contribution in [0, 0.1) is 0 Å². The molecule has 1 aromatic rings. The van der Waals surface area contributed by atoms with Crippen LogP contribution in [-0.4, -0.2) is 55.6 Å². The molecule has 0 aromatic heterocycles. The summed E-state index contributed by atoms with van der Waals surface area (Å²) < 4.78 is 11.0. The van der Waals surface area contributed by atoms with Crippen LogP contribution in [0.5, 0.6) is 5.75 Å². The van der Waals surface area contributed by atoms with Gasteiger partial charge in [0.15, 0.2) is 0 Å². The van der Waals surface area contributed by atoms with Gasteiger partial charge in [0.1, 0.15) is 12.4 Å². The van der Waals surface area contributed by atoms with Crippen LogP contribution >= 0.6 is 11.6 Å². The Bertz CT molecular complexity index is 434. The highest BCUT2D eigenvalue weighted by molar-refractivity contribution is 6.30. The second kappa shape index (κ2) is 10.1. The molecule has 0 aliphatic heterocycles. The summed E-state index contributed by atoms with van der Waals surface area (Å²) in [7, 11) is 2.10. The molecule has 130 valence electrons. The minimum atomic E-state index is -0.447. The third-order valence-corrected chi connectivity index (χ3v) is 4.57. The number of hydrogen-bond acceptors (Lipinski definition) is 4. The lowest BCUT2D eigenvalue weighted by Gasteiger charge is -2.32. The van der Waals surface area contributed by atoms with E-state index in [1.807, 2.05) is 12.1 Å². The van der Waals surface area contributed by atoms with Crippen molar-refractivity contribution in [1.29, 1.82) is 0 Å². The molecule has 1 N–H and O–H groups in total. The van der Waals surface area contributed by atoms with Crippen molar-refractivity contribution in [3.63, 3.8) is 0 Å². The molecule has 23 heavy (non-hydrogen) atoms. The summed E-state index contributed by atoms with van der Waals surface area (Å²) in [6.07, 6.45) is 6.02. The first-order valence-electron chi connectivity index (χ1n) is 8.49. The molecule has 0 bridgehead atoms. The number of halogens is 1. The Labute approximate surface area is 144 Å². The Kier molecular flexibility index (Phi) is 8.17. The summed E-state index contributed by atoms with van der Waals surface area (Å²) >= 11 is 5.82.